The zero-order chi connectivity index (χ0) is 22.0. The third kappa shape index (κ3) is 5.62. The standard InChI is InChI=1S/C23H25F2N3O3/c1-13(17-9-19(14-2-3-14)23(27-11-17)31-12-21(24)25)28-22(30)16-6-7-26-18(8-16)10-20(29)15-4-5-15/h6-9,11,13-15,21H,2-5,10,12H2,1H3,(H,28,30). The van der Waals surface area contributed by atoms with Crippen LogP contribution >= 0.6 is 0 Å². The summed E-state index contributed by atoms with van der Waals surface area (Å²) >= 11 is 0. The molecule has 1 atom stereocenters. The molecule has 1 N–H and O–H groups in total. The molecule has 0 aliphatic heterocycles. The van der Waals surface area contributed by atoms with E-state index in [9.17, 15) is 18.4 Å². The predicted molar refractivity (Wildman–Crippen MR) is 109 cm³/mol. The van der Waals surface area contributed by atoms with Gasteiger partial charge in [-0.3, -0.25) is 14.6 Å². The van der Waals surface area contributed by atoms with Crippen molar-refractivity contribution >= 4 is 11.7 Å². The highest BCUT2D eigenvalue weighted by atomic mass is 19.3. The van der Waals surface area contributed by atoms with Gasteiger partial charge in [0.05, 0.1) is 6.04 Å². The quantitative estimate of drug-likeness (QED) is 0.617. The van der Waals surface area contributed by atoms with Crippen molar-refractivity contribution in [2.45, 2.75) is 57.4 Å². The molecule has 8 heteroatoms. The summed E-state index contributed by atoms with van der Waals surface area (Å²) in [7, 11) is 0. The molecule has 0 aromatic carbocycles. The molecule has 2 aliphatic rings. The van der Waals surface area contributed by atoms with Gasteiger partial charge in [-0.1, -0.05) is 0 Å². The Bertz CT molecular complexity index is 974. The smallest absolute Gasteiger partial charge is 0.272 e. The van der Waals surface area contributed by atoms with E-state index >= 15 is 0 Å². The summed E-state index contributed by atoms with van der Waals surface area (Å²) in [5.74, 6) is 0.548. The number of hydrogen-bond donors (Lipinski definition) is 1. The maximum Gasteiger partial charge on any atom is 0.272 e. The lowest BCUT2D eigenvalue weighted by molar-refractivity contribution is -0.119. The minimum absolute atomic E-state index is 0.153. The monoisotopic (exact) mass is 429 g/mol. The highest BCUT2D eigenvalue weighted by Gasteiger charge is 2.30. The number of nitrogens with zero attached hydrogens (tertiary/aromatic N) is 2. The van der Waals surface area contributed by atoms with Gasteiger partial charge in [-0.2, -0.15) is 0 Å². The van der Waals surface area contributed by atoms with Crippen molar-refractivity contribution in [2.75, 3.05) is 6.61 Å². The van der Waals surface area contributed by atoms with Gasteiger partial charge in [0, 0.05) is 41.6 Å². The van der Waals surface area contributed by atoms with Crippen LogP contribution in [0.4, 0.5) is 8.78 Å². The molecule has 2 saturated carbocycles. The van der Waals surface area contributed by atoms with E-state index in [1.54, 1.807) is 18.3 Å². The first-order chi connectivity index (χ1) is 14.9. The summed E-state index contributed by atoms with van der Waals surface area (Å²) in [5, 5.41) is 2.93. The van der Waals surface area contributed by atoms with Gasteiger partial charge in [-0.25, -0.2) is 13.8 Å². The van der Waals surface area contributed by atoms with E-state index in [0.29, 0.717) is 11.3 Å². The molecular weight excluding hydrogens is 404 g/mol. The molecule has 0 saturated heterocycles. The number of halogens is 2. The highest BCUT2D eigenvalue weighted by molar-refractivity contribution is 5.94. The number of pyridine rings is 2. The fraction of sp³-hybridized carbons (Fsp3) is 0.478. The van der Waals surface area contributed by atoms with E-state index in [-0.39, 0.29) is 41.9 Å². The normalized spacial score (nSPS) is 16.8. The second kappa shape index (κ2) is 9.08. The molecule has 164 valence electrons. The second-order valence-electron chi connectivity index (χ2n) is 8.29. The minimum atomic E-state index is -2.56. The van der Waals surface area contributed by atoms with Crippen molar-refractivity contribution in [3.63, 3.8) is 0 Å². The third-order valence-electron chi connectivity index (χ3n) is 5.58. The number of ether oxygens (including phenoxy) is 1. The van der Waals surface area contributed by atoms with Gasteiger partial charge in [0.25, 0.3) is 12.3 Å². The van der Waals surface area contributed by atoms with Crippen LogP contribution in [0.15, 0.2) is 30.6 Å². The molecule has 2 aromatic heterocycles. The van der Waals surface area contributed by atoms with Crippen molar-refractivity contribution in [2.24, 2.45) is 5.92 Å². The van der Waals surface area contributed by atoms with E-state index in [0.717, 1.165) is 36.8 Å². The summed E-state index contributed by atoms with van der Waals surface area (Å²) in [5.41, 5.74) is 2.62. The molecule has 31 heavy (non-hydrogen) atoms. The first-order valence-corrected chi connectivity index (χ1v) is 10.6. The number of carbonyl (C=O) groups excluding carboxylic acids is 2. The number of aromatic nitrogens is 2. The lowest BCUT2D eigenvalue weighted by Crippen LogP contribution is -2.27. The van der Waals surface area contributed by atoms with Gasteiger partial charge in [0.15, 0.2) is 6.61 Å². The summed E-state index contributed by atoms with van der Waals surface area (Å²) in [6.45, 7) is 1.15. The lowest BCUT2D eigenvalue weighted by Gasteiger charge is -2.17. The molecule has 2 fully saturated rings. The number of alkyl halides is 2. The highest BCUT2D eigenvalue weighted by Crippen LogP contribution is 2.44. The number of ketones is 1. The Kier molecular flexibility index (Phi) is 6.25. The van der Waals surface area contributed by atoms with E-state index in [4.69, 9.17) is 4.74 Å². The SMILES string of the molecule is CC(NC(=O)c1ccnc(CC(=O)C2CC2)c1)c1cnc(OCC(F)F)c(C2CC2)c1. The average Bonchev–Trinajstić information content (AvgIpc) is 3.64. The van der Waals surface area contributed by atoms with Crippen molar-refractivity contribution < 1.29 is 23.1 Å². The van der Waals surface area contributed by atoms with Crippen molar-refractivity contribution in [3.05, 3.63) is 53.0 Å². The Morgan fingerprint density at radius 1 is 1.19 bits per heavy atom. The van der Waals surface area contributed by atoms with Crippen molar-refractivity contribution in [3.8, 4) is 5.88 Å². The molecule has 0 bridgehead atoms. The molecule has 4 rings (SSSR count). The van der Waals surface area contributed by atoms with Gasteiger partial charge < -0.3 is 10.1 Å². The van der Waals surface area contributed by atoms with E-state index in [2.05, 4.69) is 15.3 Å². The second-order valence-corrected chi connectivity index (χ2v) is 8.29. The first-order valence-electron chi connectivity index (χ1n) is 10.6. The maximum atomic E-state index is 12.7. The summed E-state index contributed by atoms with van der Waals surface area (Å²) in [6.07, 6.45) is 4.60. The number of Topliss-reactive ketones (excluding diaryl/α,β-unsaturated/α-hetero) is 1. The fourth-order valence-electron chi connectivity index (χ4n) is 3.48. The molecule has 6 nitrogen and oxygen atoms in total. The van der Waals surface area contributed by atoms with Crippen molar-refractivity contribution in [1.82, 2.24) is 15.3 Å². The van der Waals surface area contributed by atoms with E-state index in [1.165, 1.54) is 6.20 Å². The number of rotatable bonds is 10. The van der Waals surface area contributed by atoms with Gasteiger partial charge in [0.1, 0.15) is 5.78 Å². The number of carbonyl (C=O) groups is 2. The van der Waals surface area contributed by atoms with Gasteiger partial charge in [-0.05, 0) is 62.3 Å². The van der Waals surface area contributed by atoms with Gasteiger partial charge in [-0.15, -0.1) is 0 Å². The molecule has 1 amide bonds. The molecule has 2 aliphatic carbocycles. The predicted octanol–water partition coefficient (Wildman–Crippen LogP) is 4.01. The van der Waals surface area contributed by atoms with Crippen LogP contribution in [0.25, 0.3) is 0 Å². The van der Waals surface area contributed by atoms with Crippen LogP contribution in [0.5, 0.6) is 5.88 Å². The van der Waals surface area contributed by atoms with Crippen LogP contribution in [-0.2, 0) is 11.2 Å². The van der Waals surface area contributed by atoms with Crippen LogP contribution in [0.1, 0.15) is 71.7 Å². The summed E-state index contributed by atoms with van der Waals surface area (Å²) in [6, 6.07) is 4.80. The first kappa shape index (κ1) is 21.3. The number of hydrogen-bond acceptors (Lipinski definition) is 5. The zero-order valence-electron chi connectivity index (χ0n) is 17.3. The van der Waals surface area contributed by atoms with Crippen LogP contribution in [-0.4, -0.2) is 34.7 Å². The van der Waals surface area contributed by atoms with E-state index < -0.39 is 13.0 Å². The molecule has 2 heterocycles. The fourth-order valence-corrected chi connectivity index (χ4v) is 3.48. The van der Waals surface area contributed by atoms with Crippen LogP contribution in [0.3, 0.4) is 0 Å². The molecule has 1 unspecified atom stereocenters. The summed E-state index contributed by atoms with van der Waals surface area (Å²) < 4.78 is 30.2. The number of amides is 1. The Morgan fingerprint density at radius 3 is 2.65 bits per heavy atom. The van der Waals surface area contributed by atoms with E-state index in [1.807, 2.05) is 13.0 Å². The number of nitrogens with one attached hydrogen (secondary N) is 1. The Balaban J connectivity index is 1.42. The largest absolute Gasteiger partial charge is 0.471 e. The maximum absolute atomic E-state index is 12.7. The van der Waals surface area contributed by atoms with Gasteiger partial charge >= 0.3 is 0 Å². The molecular formula is C23H25F2N3O3. The molecule has 2 aromatic rings. The third-order valence-corrected chi connectivity index (χ3v) is 5.58. The Labute approximate surface area is 179 Å². The topological polar surface area (TPSA) is 81.2 Å². The molecule has 0 radical (unpaired) electrons. The van der Waals surface area contributed by atoms with Crippen LogP contribution in [0.2, 0.25) is 0 Å². The minimum Gasteiger partial charge on any atom is -0.471 e. The Morgan fingerprint density at radius 2 is 1.97 bits per heavy atom. The molecule has 0 spiro atoms. The Hall–Kier alpha value is -2.90. The zero-order valence-corrected chi connectivity index (χ0v) is 17.3. The van der Waals surface area contributed by atoms with Crippen LogP contribution < -0.4 is 10.1 Å². The average molecular weight is 429 g/mol. The summed E-state index contributed by atoms with van der Waals surface area (Å²) in [4.78, 5) is 33.2. The lowest BCUT2D eigenvalue weighted by atomic mass is 10.0. The van der Waals surface area contributed by atoms with Crippen molar-refractivity contribution in [1.29, 1.82) is 0 Å². The van der Waals surface area contributed by atoms with Crippen LogP contribution in [0, 0.1) is 5.92 Å². The van der Waals surface area contributed by atoms with Gasteiger partial charge in [0.2, 0.25) is 5.88 Å².